The first-order valence-corrected chi connectivity index (χ1v) is 7.68. The summed E-state index contributed by atoms with van der Waals surface area (Å²) in [6.07, 6.45) is 0.794. The molecule has 1 amide bonds. The number of rotatable bonds is 9. The Morgan fingerprint density at radius 2 is 1.91 bits per heavy atom. The van der Waals surface area contributed by atoms with Gasteiger partial charge in [0.15, 0.2) is 0 Å². The standard InChI is InChI=1S/C17H24FNO4/c1-13(2)23-12-6-10-19(11-9-16(20)22-3)17(21)14-7-4-5-8-15(14)18/h4-5,7-8,13H,6,9-12H2,1-3H3. The average Bonchev–Trinajstić information content (AvgIpc) is 2.53. The van der Waals surface area contributed by atoms with Gasteiger partial charge >= 0.3 is 5.97 Å². The number of hydrogen-bond donors (Lipinski definition) is 0. The highest BCUT2D eigenvalue weighted by Crippen LogP contribution is 2.11. The summed E-state index contributed by atoms with van der Waals surface area (Å²) in [4.78, 5) is 25.2. The van der Waals surface area contributed by atoms with Crippen molar-refractivity contribution in [1.29, 1.82) is 0 Å². The maximum atomic E-state index is 13.8. The SMILES string of the molecule is COC(=O)CCN(CCCOC(C)C)C(=O)c1ccccc1F. The lowest BCUT2D eigenvalue weighted by atomic mass is 10.1. The van der Waals surface area contributed by atoms with Crippen molar-refractivity contribution in [2.24, 2.45) is 0 Å². The summed E-state index contributed by atoms with van der Waals surface area (Å²) in [6.45, 7) is 4.92. The van der Waals surface area contributed by atoms with Crippen LogP contribution in [0.25, 0.3) is 0 Å². The second-order valence-electron chi connectivity index (χ2n) is 5.37. The Kier molecular flexibility index (Phi) is 8.26. The third kappa shape index (κ3) is 6.78. The van der Waals surface area contributed by atoms with E-state index in [9.17, 15) is 14.0 Å². The summed E-state index contributed by atoms with van der Waals surface area (Å²) in [5.41, 5.74) is 0.00198. The van der Waals surface area contributed by atoms with Crippen molar-refractivity contribution in [2.75, 3.05) is 26.8 Å². The molecule has 1 rings (SSSR count). The molecule has 0 atom stereocenters. The monoisotopic (exact) mass is 325 g/mol. The second kappa shape index (κ2) is 9.94. The van der Waals surface area contributed by atoms with E-state index < -0.39 is 17.7 Å². The molecule has 6 heteroatoms. The van der Waals surface area contributed by atoms with Crippen LogP contribution >= 0.6 is 0 Å². The number of halogens is 1. The van der Waals surface area contributed by atoms with Crippen molar-refractivity contribution in [3.63, 3.8) is 0 Å². The average molecular weight is 325 g/mol. The predicted molar refractivity (Wildman–Crippen MR) is 84.6 cm³/mol. The molecule has 0 aromatic heterocycles. The van der Waals surface area contributed by atoms with E-state index in [0.717, 1.165) is 0 Å². The largest absolute Gasteiger partial charge is 0.469 e. The van der Waals surface area contributed by atoms with Crippen LogP contribution in [-0.2, 0) is 14.3 Å². The van der Waals surface area contributed by atoms with E-state index in [1.165, 1.54) is 30.2 Å². The van der Waals surface area contributed by atoms with Gasteiger partial charge in [0.05, 0.1) is 25.2 Å². The first-order chi connectivity index (χ1) is 11.0. The minimum absolute atomic E-state index is 0.00198. The number of carbonyl (C=O) groups is 2. The maximum absolute atomic E-state index is 13.8. The van der Waals surface area contributed by atoms with Crippen molar-refractivity contribution in [2.45, 2.75) is 32.8 Å². The van der Waals surface area contributed by atoms with Crippen LogP contribution in [0.4, 0.5) is 4.39 Å². The smallest absolute Gasteiger partial charge is 0.307 e. The number of esters is 1. The van der Waals surface area contributed by atoms with E-state index in [4.69, 9.17) is 4.74 Å². The van der Waals surface area contributed by atoms with Crippen LogP contribution < -0.4 is 0 Å². The summed E-state index contributed by atoms with van der Waals surface area (Å²) >= 11 is 0. The maximum Gasteiger partial charge on any atom is 0.307 e. The molecule has 0 bridgehead atoms. The van der Waals surface area contributed by atoms with Crippen molar-refractivity contribution >= 4 is 11.9 Å². The van der Waals surface area contributed by atoms with Gasteiger partial charge in [0.1, 0.15) is 5.82 Å². The highest BCUT2D eigenvalue weighted by atomic mass is 19.1. The number of amides is 1. The van der Waals surface area contributed by atoms with E-state index in [2.05, 4.69) is 4.74 Å². The van der Waals surface area contributed by atoms with Crippen LogP contribution in [0.5, 0.6) is 0 Å². The Labute approximate surface area is 136 Å². The quantitative estimate of drug-likeness (QED) is 0.517. The number of hydrogen-bond acceptors (Lipinski definition) is 4. The van der Waals surface area contributed by atoms with Gasteiger partial charge < -0.3 is 14.4 Å². The number of nitrogens with zero attached hydrogens (tertiary/aromatic N) is 1. The van der Waals surface area contributed by atoms with E-state index in [1.54, 1.807) is 6.07 Å². The molecule has 128 valence electrons. The summed E-state index contributed by atoms with van der Waals surface area (Å²) in [5, 5.41) is 0. The molecule has 0 aliphatic heterocycles. The summed E-state index contributed by atoms with van der Waals surface area (Å²) in [7, 11) is 1.29. The van der Waals surface area contributed by atoms with Gasteiger partial charge in [-0.15, -0.1) is 0 Å². The zero-order valence-corrected chi connectivity index (χ0v) is 13.9. The predicted octanol–water partition coefficient (Wildman–Crippen LogP) is 2.65. The molecule has 0 spiro atoms. The fraction of sp³-hybridized carbons (Fsp3) is 0.529. The van der Waals surface area contributed by atoms with Crippen LogP contribution in [-0.4, -0.2) is 49.7 Å². The summed E-state index contributed by atoms with van der Waals surface area (Å²) in [5.74, 6) is -1.41. The van der Waals surface area contributed by atoms with Crippen LogP contribution in [0, 0.1) is 5.82 Å². The van der Waals surface area contributed by atoms with Gasteiger partial charge in [-0.3, -0.25) is 9.59 Å². The molecule has 0 heterocycles. The molecule has 0 saturated carbocycles. The zero-order valence-electron chi connectivity index (χ0n) is 13.9. The Bertz CT molecular complexity index is 519. The van der Waals surface area contributed by atoms with Gasteiger partial charge in [0, 0.05) is 19.7 Å². The highest BCUT2D eigenvalue weighted by molar-refractivity contribution is 5.94. The minimum Gasteiger partial charge on any atom is -0.469 e. The molecule has 5 nitrogen and oxygen atoms in total. The van der Waals surface area contributed by atoms with Crippen molar-refractivity contribution in [3.05, 3.63) is 35.6 Å². The molecule has 0 radical (unpaired) electrons. The van der Waals surface area contributed by atoms with E-state index in [0.29, 0.717) is 19.6 Å². The third-order valence-corrected chi connectivity index (χ3v) is 3.23. The number of methoxy groups -OCH3 is 1. The molecule has 1 aromatic rings. The molecule has 0 unspecified atom stereocenters. The van der Waals surface area contributed by atoms with Gasteiger partial charge in [-0.1, -0.05) is 12.1 Å². The topological polar surface area (TPSA) is 55.8 Å². The molecule has 1 aromatic carbocycles. The first kappa shape index (κ1) is 19.1. The number of benzene rings is 1. The number of ether oxygens (including phenoxy) is 2. The first-order valence-electron chi connectivity index (χ1n) is 7.68. The van der Waals surface area contributed by atoms with Crippen LogP contribution in [0.2, 0.25) is 0 Å². The zero-order chi connectivity index (χ0) is 17.2. The lowest BCUT2D eigenvalue weighted by molar-refractivity contribution is -0.140. The van der Waals surface area contributed by atoms with Gasteiger partial charge in [-0.05, 0) is 32.4 Å². The van der Waals surface area contributed by atoms with Crippen LogP contribution in [0.1, 0.15) is 37.0 Å². The van der Waals surface area contributed by atoms with Crippen LogP contribution in [0.3, 0.4) is 0 Å². The highest BCUT2D eigenvalue weighted by Gasteiger charge is 2.19. The third-order valence-electron chi connectivity index (χ3n) is 3.23. The van der Waals surface area contributed by atoms with E-state index in [1.807, 2.05) is 13.8 Å². The van der Waals surface area contributed by atoms with Crippen molar-refractivity contribution in [1.82, 2.24) is 4.90 Å². The molecule has 0 aliphatic rings. The molecule has 23 heavy (non-hydrogen) atoms. The lowest BCUT2D eigenvalue weighted by Gasteiger charge is -2.23. The van der Waals surface area contributed by atoms with E-state index >= 15 is 0 Å². The molecule has 0 N–H and O–H groups in total. The van der Waals surface area contributed by atoms with E-state index in [-0.39, 0.29) is 24.6 Å². The van der Waals surface area contributed by atoms with Gasteiger partial charge in [0.25, 0.3) is 5.91 Å². The van der Waals surface area contributed by atoms with Crippen LogP contribution in [0.15, 0.2) is 24.3 Å². The normalized spacial score (nSPS) is 10.7. The Balaban J connectivity index is 2.71. The Morgan fingerprint density at radius 1 is 1.22 bits per heavy atom. The van der Waals surface area contributed by atoms with Gasteiger partial charge in [-0.25, -0.2) is 4.39 Å². The van der Waals surface area contributed by atoms with Crippen molar-refractivity contribution < 1.29 is 23.5 Å². The Hall–Kier alpha value is -1.95. The molecule has 0 fully saturated rings. The molecular weight excluding hydrogens is 301 g/mol. The second-order valence-corrected chi connectivity index (χ2v) is 5.37. The van der Waals surface area contributed by atoms with Crippen molar-refractivity contribution in [3.8, 4) is 0 Å². The number of carbonyl (C=O) groups excluding carboxylic acids is 2. The fourth-order valence-electron chi connectivity index (χ4n) is 2.02. The van der Waals surface area contributed by atoms with Gasteiger partial charge in [-0.2, -0.15) is 0 Å². The Morgan fingerprint density at radius 3 is 2.52 bits per heavy atom. The summed E-state index contributed by atoms with van der Waals surface area (Å²) < 4.78 is 23.8. The van der Waals surface area contributed by atoms with Gasteiger partial charge in [0.2, 0.25) is 0 Å². The molecule has 0 saturated heterocycles. The molecule has 0 aliphatic carbocycles. The fourth-order valence-corrected chi connectivity index (χ4v) is 2.02. The lowest BCUT2D eigenvalue weighted by Crippen LogP contribution is -2.35. The molecular formula is C17H24FNO4. The minimum atomic E-state index is -0.570. The summed E-state index contributed by atoms with van der Waals surface area (Å²) in [6, 6.07) is 5.82.